The van der Waals surface area contributed by atoms with Crippen LogP contribution in [0.2, 0.25) is 39.3 Å². The molecule has 14 heteroatoms. The van der Waals surface area contributed by atoms with Gasteiger partial charge in [-0.3, -0.25) is 0 Å². The molecule has 344 valence electrons. The predicted octanol–water partition coefficient (Wildman–Crippen LogP) is 7.25. The third kappa shape index (κ3) is 9.89. The molecular formula is C54H58O7Si7. The summed E-state index contributed by atoms with van der Waals surface area (Å²) in [6.07, 6.45) is 0. The smallest absolute Gasteiger partial charge is 0.390 e. The maximum absolute atomic E-state index is 8.43. The van der Waals surface area contributed by atoms with Crippen molar-refractivity contribution >= 4 is 101 Å². The average molecular weight is 1020 g/mol. The summed E-state index contributed by atoms with van der Waals surface area (Å²) in [5.74, 6) is 0. The van der Waals surface area contributed by atoms with E-state index in [2.05, 4.69) is 233 Å². The highest BCUT2D eigenvalue weighted by Gasteiger charge is 2.68. The molecule has 0 bridgehead atoms. The monoisotopic (exact) mass is 1010 g/mol. The minimum absolute atomic E-state index is 0.972. The van der Waals surface area contributed by atoms with E-state index in [1.165, 1.54) is 0 Å². The van der Waals surface area contributed by atoms with Gasteiger partial charge in [0.25, 0.3) is 0 Å². The Morgan fingerprint density at radius 2 is 0.294 bits per heavy atom. The quantitative estimate of drug-likeness (QED) is 0.149. The van der Waals surface area contributed by atoms with Crippen LogP contribution in [-0.4, -0.2) is 59.9 Å². The number of rotatable bonds is 8. The molecule has 2 aliphatic heterocycles. The lowest BCUT2D eigenvalue weighted by Gasteiger charge is -2.53. The third-order valence-electron chi connectivity index (χ3n) is 11.9. The van der Waals surface area contributed by atoms with E-state index in [1.807, 2.05) is 48.5 Å². The first kappa shape index (κ1) is 48.0. The lowest BCUT2D eigenvalue weighted by Crippen LogP contribution is -2.88. The van der Waals surface area contributed by atoms with Gasteiger partial charge in [-0.05, 0) is 80.8 Å². The zero-order valence-corrected chi connectivity index (χ0v) is 46.5. The fourth-order valence-corrected chi connectivity index (χ4v) is 48.0. The molecule has 0 unspecified atom stereocenters. The van der Waals surface area contributed by atoms with Crippen molar-refractivity contribution in [2.75, 3.05) is 0 Å². The van der Waals surface area contributed by atoms with E-state index in [0.29, 0.717) is 0 Å². The van der Waals surface area contributed by atoms with Crippen LogP contribution in [0.25, 0.3) is 0 Å². The molecule has 10 rings (SSSR count). The molecule has 0 spiro atoms. The molecule has 8 aromatic rings. The Bertz CT molecular complexity index is 2280. The minimum Gasteiger partial charge on any atom is -0.416 e. The van der Waals surface area contributed by atoms with Gasteiger partial charge in [-0.15, -0.1) is 0 Å². The van der Waals surface area contributed by atoms with E-state index in [-0.39, 0.29) is 0 Å². The molecule has 0 radical (unpaired) electrons. The fraction of sp³-hybridized carbons (Fsp3) is 0.111. The Morgan fingerprint density at radius 3 is 0.412 bits per heavy atom. The summed E-state index contributed by atoms with van der Waals surface area (Å²) in [4.78, 5) is 0. The molecule has 0 atom stereocenters. The topological polar surface area (TPSA) is 64.6 Å². The Kier molecular flexibility index (Phi) is 14.0. The van der Waals surface area contributed by atoms with Crippen LogP contribution in [0, 0.1) is 0 Å². The molecule has 8 aromatic carbocycles. The summed E-state index contributed by atoms with van der Waals surface area (Å²) < 4.78 is 51.3. The molecule has 2 heterocycles. The molecular weight excluding hydrogens is 957 g/mol. The summed E-state index contributed by atoms with van der Waals surface area (Å²) in [6, 6.07) is 84.2. The van der Waals surface area contributed by atoms with Gasteiger partial charge in [0, 0.05) is 0 Å². The van der Waals surface area contributed by atoms with Crippen molar-refractivity contribution in [2.45, 2.75) is 39.3 Å². The first-order valence-corrected chi connectivity index (χ1v) is 38.9. The van der Waals surface area contributed by atoms with Crippen molar-refractivity contribution in [3.8, 4) is 0 Å². The van der Waals surface area contributed by atoms with Crippen LogP contribution in [0.3, 0.4) is 0 Å². The number of benzene rings is 8. The summed E-state index contributed by atoms with van der Waals surface area (Å²) in [7, 11) is -21.1. The van der Waals surface area contributed by atoms with Gasteiger partial charge in [0.05, 0.1) is 0 Å². The maximum Gasteiger partial charge on any atom is 0.390 e. The largest absolute Gasteiger partial charge is 0.416 e. The molecule has 0 aromatic heterocycles. The van der Waals surface area contributed by atoms with E-state index >= 15 is 0 Å². The zero-order chi connectivity index (χ0) is 47.4. The first-order valence-electron chi connectivity index (χ1n) is 23.1. The first-order chi connectivity index (χ1) is 32.8. The highest BCUT2D eigenvalue weighted by molar-refractivity contribution is 7.16. The van der Waals surface area contributed by atoms with Crippen LogP contribution in [0.4, 0.5) is 0 Å². The third-order valence-corrected chi connectivity index (χ3v) is 41.6. The van der Waals surface area contributed by atoms with Crippen molar-refractivity contribution in [1.29, 1.82) is 0 Å². The zero-order valence-electron chi connectivity index (χ0n) is 39.5. The van der Waals surface area contributed by atoms with Gasteiger partial charge in [0.15, 0.2) is 0 Å². The molecule has 2 aliphatic rings. The van der Waals surface area contributed by atoms with Crippen molar-refractivity contribution in [1.82, 2.24) is 0 Å². The van der Waals surface area contributed by atoms with E-state index in [9.17, 15) is 0 Å². The molecule has 7 nitrogen and oxygen atoms in total. The van der Waals surface area contributed by atoms with Crippen molar-refractivity contribution < 1.29 is 28.8 Å². The van der Waals surface area contributed by atoms with Crippen LogP contribution in [0.1, 0.15) is 0 Å². The second-order valence-corrected chi connectivity index (χ2v) is 42.0. The SMILES string of the molecule is C[Si]1(C)O[Si](C)(C)O[Si](C)(C)O1.c1ccc([Si]2(c3ccccc3)O[Si](c3ccccc3)(c3ccccc3)O[Si](c3ccccc3)(c3ccccc3)O[Si](c3ccccc3)(c3ccccc3)O2)cc1. The van der Waals surface area contributed by atoms with Crippen molar-refractivity contribution in [3.63, 3.8) is 0 Å². The molecule has 0 amide bonds. The van der Waals surface area contributed by atoms with Gasteiger partial charge in [-0.2, -0.15) is 0 Å². The van der Waals surface area contributed by atoms with Gasteiger partial charge < -0.3 is 28.8 Å². The molecule has 0 N–H and O–H groups in total. The predicted molar refractivity (Wildman–Crippen MR) is 292 cm³/mol. The fourth-order valence-electron chi connectivity index (χ4n) is 9.60. The van der Waals surface area contributed by atoms with Gasteiger partial charge in [0.1, 0.15) is 0 Å². The van der Waals surface area contributed by atoms with E-state index in [1.54, 1.807) is 0 Å². The van der Waals surface area contributed by atoms with Crippen LogP contribution < -0.4 is 41.5 Å². The van der Waals surface area contributed by atoms with Crippen LogP contribution in [0.5, 0.6) is 0 Å². The van der Waals surface area contributed by atoms with Gasteiger partial charge >= 0.3 is 59.9 Å². The summed E-state index contributed by atoms with van der Waals surface area (Å²) in [5, 5.41) is 7.77. The standard InChI is InChI=1S/C48H40O4Si4.C6H18O3Si3/c1-9-25-41(26-10-1)53(42-27-11-2-12-28-42)49-54(43-29-13-3-14-30-43,44-31-15-4-16-32-44)51-56(47-37-21-7-22-38-47,48-39-23-8-24-40-48)52-55(50-53,45-33-17-5-18-34-45)46-35-19-6-20-36-46;1-10(2)7-11(3,4)9-12(5,6)8-10/h1-40H;1-6H3. The Hall–Kier alpha value is -5.00. The average Bonchev–Trinajstić information content (AvgIpc) is 3.35. The van der Waals surface area contributed by atoms with Gasteiger partial charge in [0.2, 0.25) is 0 Å². The molecule has 2 fully saturated rings. The Balaban J connectivity index is 0.000000422. The molecule has 68 heavy (non-hydrogen) atoms. The summed E-state index contributed by atoms with van der Waals surface area (Å²) in [5.41, 5.74) is 0. The highest BCUT2D eigenvalue weighted by atomic mass is 28.5. The minimum atomic E-state index is -3.89. The lowest BCUT2D eigenvalue weighted by atomic mass is 10.4. The van der Waals surface area contributed by atoms with Crippen LogP contribution in [0.15, 0.2) is 243 Å². The number of hydrogen-bond donors (Lipinski definition) is 0. The normalized spacial score (nSPS) is 19.4. The molecule has 0 aliphatic carbocycles. The van der Waals surface area contributed by atoms with E-state index in [4.69, 9.17) is 28.8 Å². The molecule has 2 saturated heterocycles. The second-order valence-electron chi connectivity index (χ2n) is 18.3. The Morgan fingerprint density at radius 1 is 0.176 bits per heavy atom. The Labute approximate surface area is 409 Å². The van der Waals surface area contributed by atoms with E-state index < -0.39 is 59.9 Å². The van der Waals surface area contributed by atoms with Crippen molar-refractivity contribution in [3.05, 3.63) is 243 Å². The summed E-state index contributed by atoms with van der Waals surface area (Å²) in [6.45, 7) is 12.6. The van der Waals surface area contributed by atoms with Crippen LogP contribution in [-0.2, 0) is 28.8 Å². The maximum atomic E-state index is 8.43. The van der Waals surface area contributed by atoms with Crippen molar-refractivity contribution in [2.24, 2.45) is 0 Å². The molecule has 0 saturated carbocycles. The number of hydrogen-bond acceptors (Lipinski definition) is 7. The van der Waals surface area contributed by atoms with Crippen LogP contribution >= 0.6 is 0 Å². The highest BCUT2D eigenvalue weighted by Crippen LogP contribution is 2.33. The second kappa shape index (κ2) is 19.8. The lowest BCUT2D eigenvalue weighted by molar-refractivity contribution is 0.237. The van der Waals surface area contributed by atoms with E-state index in [0.717, 1.165) is 41.5 Å². The van der Waals surface area contributed by atoms with Gasteiger partial charge in [-0.1, -0.05) is 243 Å². The summed E-state index contributed by atoms with van der Waals surface area (Å²) >= 11 is 0. The van der Waals surface area contributed by atoms with Gasteiger partial charge in [-0.25, -0.2) is 0 Å².